The first-order valence-electron chi connectivity index (χ1n) is 8.49. The highest BCUT2D eigenvalue weighted by Crippen LogP contribution is 2.25. The molecule has 1 heterocycles. The predicted molar refractivity (Wildman–Crippen MR) is 93.6 cm³/mol. The Morgan fingerprint density at radius 2 is 1.96 bits per heavy atom. The number of hydrogen-bond acceptors (Lipinski definition) is 4. The first-order chi connectivity index (χ1) is 11.3. The second-order valence-electron chi connectivity index (χ2n) is 7.40. The van der Waals surface area contributed by atoms with Gasteiger partial charge in [0.1, 0.15) is 0 Å². The Morgan fingerprint density at radius 3 is 2.46 bits per heavy atom. The number of nitrogens with one attached hydrogen (secondary N) is 2. The van der Waals surface area contributed by atoms with Crippen LogP contribution in [0, 0.1) is 5.92 Å². The van der Waals surface area contributed by atoms with Crippen molar-refractivity contribution in [3.8, 4) is 0 Å². The molecule has 1 aromatic rings. The minimum Gasteiger partial charge on any atom is -0.469 e. The van der Waals surface area contributed by atoms with Crippen molar-refractivity contribution >= 4 is 11.9 Å². The van der Waals surface area contributed by atoms with E-state index < -0.39 is 0 Å². The maximum absolute atomic E-state index is 12.4. The molecule has 24 heavy (non-hydrogen) atoms. The number of carbonyl (C=O) groups is 2. The first-order valence-corrected chi connectivity index (χ1v) is 8.49. The zero-order valence-corrected chi connectivity index (χ0v) is 15.0. The van der Waals surface area contributed by atoms with E-state index in [1.54, 1.807) is 0 Å². The molecule has 2 atom stereocenters. The molecule has 132 valence electrons. The van der Waals surface area contributed by atoms with Crippen LogP contribution in [0.2, 0.25) is 0 Å². The van der Waals surface area contributed by atoms with Gasteiger partial charge in [-0.3, -0.25) is 9.59 Å². The van der Waals surface area contributed by atoms with Gasteiger partial charge in [0, 0.05) is 6.54 Å². The third-order valence-electron chi connectivity index (χ3n) is 4.53. The van der Waals surface area contributed by atoms with Crippen molar-refractivity contribution in [2.75, 3.05) is 20.2 Å². The van der Waals surface area contributed by atoms with Crippen molar-refractivity contribution in [3.05, 3.63) is 35.4 Å². The molecule has 0 spiro atoms. The molecule has 5 heteroatoms. The van der Waals surface area contributed by atoms with Gasteiger partial charge in [-0.15, -0.1) is 0 Å². The molecular weight excluding hydrogens is 304 g/mol. The summed E-state index contributed by atoms with van der Waals surface area (Å²) in [5.41, 5.74) is 2.21. The topological polar surface area (TPSA) is 67.4 Å². The smallest absolute Gasteiger partial charge is 0.307 e. The Labute approximate surface area is 144 Å². The number of amides is 1. The highest BCUT2D eigenvalue weighted by molar-refractivity contribution is 5.80. The molecule has 0 aromatic heterocycles. The van der Waals surface area contributed by atoms with Gasteiger partial charge < -0.3 is 15.4 Å². The largest absolute Gasteiger partial charge is 0.469 e. The van der Waals surface area contributed by atoms with E-state index in [9.17, 15) is 9.59 Å². The zero-order valence-electron chi connectivity index (χ0n) is 15.0. The number of rotatable bonds is 5. The fourth-order valence-electron chi connectivity index (χ4n) is 2.89. The number of esters is 1. The van der Waals surface area contributed by atoms with E-state index in [2.05, 4.69) is 43.5 Å². The van der Waals surface area contributed by atoms with E-state index >= 15 is 0 Å². The van der Waals surface area contributed by atoms with Gasteiger partial charge in [0.2, 0.25) is 5.91 Å². The lowest BCUT2D eigenvalue weighted by Crippen LogP contribution is -2.36. The Kier molecular flexibility index (Phi) is 5.99. The van der Waals surface area contributed by atoms with Crippen LogP contribution in [0.4, 0.5) is 0 Å². The summed E-state index contributed by atoms with van der Waals surface area (Å²) in [6.45, 7) is 8.02. The van der Waals surface area contributed by atoms with Gasteiger partial charge in [0.15, 0.2) is 0 Å². The predicted octanol–water partition coefficient (Wildman–Crippen LogP) is 2.31. The molecular formula is C19H28N2O3. The van der Waals surface area contributed by atoms with Crippen LogP contribution < -0.4 is 10.6 Å². The molecule has 2 N–H and O–H groups in total. The molecule has 1 aromatic carbocycles. The van der Waals surface area contributed by atoms with Gasteiger partial charge >= 0.3 is 5.97 Å². The van der Waals surface area contributed by atoms with Crippen molar-refractivity contribution in [2.24, 2.45) is 5.92 Å². The molecule has 1 aliphatic heterocycles. The average Bonchev–Trinajstić information content (AvgIpc) is 3.08. The van der Waals surface area contributed by atoms with Crippen molar-refractivity contribution in [1.29, 1.82) is 0 Å². The minimum atomic E-state index is -0.362. The van der Waals surface area contributed by atoms with Crippen LogP contribution in [-0.4, -0.2) is 32.1 Å². The molecule has 0 aliphatic carbocycles. The van der Waals surface area contributed by atoms with Gasteiger partial charge in [0.25, 0.3) is 0 Å². The lowest BCUT2D eigenvalue weighted by molar-refractivity contribution is -0.141. The summed E-state index contributed by atoms with van der Waals surface area (Å²) >= 11 is 0. The zero-order chi connectivity index (χ0) is 17.7. The molecule has 1 amide bonds. The Bertz CT molecular complexity index is 569. The second kappa shape index (κ2) is 7.79. The van der Waals surface area contributed by atoms with Crippen molar-refractivity contribution in [1.82, 2.24) is 10.6 Å². The quantitative estimate of drug-likeness (QED) is 0.812. The molecule has 1 aliphatic rings. The van der Waals surface area contributed by atoms with Crippen LogP contribution in [0.3, 0.4) is 0 Å². The van der Waals surface area contributed by atoms with Crippen LogP contribution in [0.25, 0.3) is 0 Å². The summed E-state index contributed by atoms with van der Waals surface area (Å²) in [6.07, 6.45) is 0.969. The Hall–Kier alpha value is -1.88. The molecule has 0 bridgehead atoms. The molecule has 2 unspecified atom stereocenters. The van der Waals surface area contributed by atoms with Crippen molar-refractivity contribution in [3.63, 3.8) is 0 Å². The monoisotopic (exact) mass is 332 g/mol. The number of ether oxygens (including phenoxy) is 1. The van der Waals surface area contributed by atoms with Crippen LogP contribution in [0.5, 0.6) is 0 Å². The summed E-state index contributed by atoms with van der Waals surface area (Å²) in [6, 6.07) is 7.73. The first kappa shape index (κ1) is 18.5. The molecule has 0 saturated carbocycles. The molecule has 5 nitrogen and oxygen atoms in total. The average molecular weight is 332 g/mol. The van der Waals surface area contributed by atoms with Gasteiger partial charge in [0.05, 0.1) is 25.5 Å². The van der Waals surface area contributed by atoms with Crippen molar-refractivity contribution in [2.45, 2.75) is 45.1 Å². The fourth-order valence-corrected chi connectivity index (χ4v) is 2.89. The third-order valence-corrected chi connectivity index (χ3v) is 4.53. The normalized spacial score (nSPS) is 18.9. The highest BCUT2D eigenvalue weighted by Gasteiger charge is 2.26. The number of carbonyl (C=O) groups excluding carboxylic acids is 2. The lowest BCUT2D eigenvalue weighted by Gasteiger charge is -2.23. The summed E-state index contributed by atoms with van der Waals surface area (Å²) < 4.78 is 4.78. The Morgan fingerprint density at radius 1 is 1.29 bits per heavy atom. The van der Waals surface area contributed by atoms with E-state index in [0.717, 1.165) is 18.5 Å². The van der Waals surface area contributed by atoms with E-state index in [4.69, 9.17) is 4.74 Å². The highest BCUT2D eigenvalue weighted by atomic mass is 16.5. The van der Waals surface area contributed by atoms with E-state index in [1.165, 1.54) is 12.7 Å². The van der Waals surface area contributed by atoms with Gasteiger partial charge in [-0.2, -0.15) is 0 Å². The van der Waals surface area contributed by atoms with Crippen LogP contribution in [0.1, 0.15) is 50.8 Å². The minimum absolute atomic E-state index is 0.00574. The summed E-state index contributed by atoms with van der Waals surface area (Å²) in [5.74, 6) is -0.363. The number of methoxy groups -OCH3 is 1. The number of hydrogen-bond donors (Lipinski definition) is 2. The standard InChI is InChI=1S/C19H28N2O3/c1-19(2,3)15-7-5-13(6-8-15)16(11-17(22)24-4)21-18(23)14-9-10-20-12-14/h5-8,14,16,20H,9-12H2,1-4H3,(H,21,23). The number of benzene rings is 1. The third kappa shape index (κ3) is 4.81. The van der Waals surface area contributed by atoms with Gasteiger partial charge in [-0.1, -0.05) is 45.0 Å². The van der Waals surface area contributed by atoms with E-state index in [1.807, 2.05) is 12.1 Å². The summed E-state index contributed by atoms with van der Waals surface area (Å²) in [5, 5.41) is 6.21. The van der Waals surface area contributed by atoms with E-state index in [0.29, 0.717) is 6.54 Å². The van der Waals surface area contributed by atoms with E-state index in [-0.39, 0.29) is 35.7 Å². The second-order valence-corrected chi connectivity index (χ2v) is 7.40. The van der Waals surface area contributed by atoms with Crippen molar-refractivity contribution < 1.29 is 14.3 Å². The Balaban J connectivity index is 2.15. The van der Waals surface area contributed by atoms with Gasteiger partial charge in [-0.05, 0) is 29.5 Å². The maximum atomic E-state index is 12.4. The van der Waals surface area contributed by atoms with Crippen LogP contribution in [-0.2, 0) is 19.7 Å². The molecule has 2 rings (SSSR count). The summed E-state index contributed by atoms with van der Waals surface area (Å²) in [4.78, 5) is 24.2. The summed E-state index contributed by atoms with van der Waals surface area (Å²) in [7, 11) is 1.37. The van der Waals surface area contributed by atoms with Gasteiger partial charge in [-0.25, -0.2) is 0 Å². The van der Waals surface area contributed by atoms with Crippen LogP contribution in [0.15, 0.2) is 24.3 Å². The lowest BCUT2D eigenvalue weighted by atomic mass is 9.86. The SMILES string of the molecule is COC(=O)CC(NC(=O)C1CCNC1)c1ccc(C(C)(C)C)cc1. The van der Waals surface area contributed by atoms with Crippen LogP contribution >= 0.6 is 0 Å². The maximum Gasteiger partial charge on any atom is 0.307 e. The molecule has 1 saturated heterocycles. The molecule has 0 radical (unpaired) electrons. The molecule has 1 fully saturated rings. The fraction of sp³-hybridized carbons (Fsp3) is 0.579.